The second-order valence-electron chi connectivity index (χ2n) is 7.25. The Hall–Kier alpha value is -3.73. The van der Waals surface area contributed by atoms with E-state index in [1.807, 2.05) is 6.07 Å². The fourth-order valence-electron chi connectivity index (χ4n) is 3.19. The van der Waals surface area contributed by atoms with E-state index in [2.05, 4.69) is 0 Å². The molecule has 11 nitrogen and oxygen atoms in total. The average Bonchev–Trinajstić information content (AvgIpc) is 2.74. The van der Waals surface area contributed by atoms with Crippen LogP contribution < -0.4 is 0 Å². The second-order valence-corrected chi connectivity index (χ2v) is 7.25. The SMILES string of the molecule is CC(=O)O[C@@H]1O[C@H](COC(=O)C=Cc2ccccc2)[C@@H](OC(C)=O)[C@H](OC(C)=O)[C@H]1OC(C)=O. The summed E-state index contributed by atoms with van der Waals surface area (Å²) >= 11 is 0. The van der Waals surface area contributed by atoms with Crippen LogP contribution in [0.1, 0.15) is 33.3 Å². The summed E-state index contributed by atoms with van der Waals surface area (Å²) in [4.78, 5) is 58.9. The summed E-state index contributed by atoms with van der Waals surface area (Å²) in [5.74, 6) is -3.86. The summed E-state index contributed by atoms with van der Waals surface area (Å²) in [6.07, 6.45) is -4.23. The summed E-state index contributed by atoms with van der Waals surface area (Å²) in [6, 6.07) is 9.00. The van der Waals surface area contributed by atoms with Gasteiger partial charge in [0.2, 0.25) is 12.4 Å². The van der Waals surface area contributed by atoms with Crippen molar-refractivity contribution in [3.05, 3.63) is 42.0 Å². The summed E-state index contributed by atoms with van der Waals surface area (Å²) < 4.78 is 31.6. The maximum absolute atomic E-state index is 12.2. The van der Waals surface area contributed by atoms with Crippen molar-refractivity contribution in [2.75, 3.05) is 6.61 Å². The predicted molar refractivity (Wildman–Crippen MR) is 114 cm³/mol. The molecule has 0 aromatic heterocycles. The van der Waals surface area contributed by atoms with Crippen LogP contribution in [0.3, 0.4) is 0 Å². The number of hydrogen-bond acceptors (Lipinski definition) is 11. The minimum absolute atomic E-state index is 0.460. The van der Waals surface area contributed by atoms with E-state index in [1.165, 1.54) is 12.2 Å². The fraction of sp³-hybridized carbons (Fsp3) is 0.435. The van der Waals surface area contributed by atoms with E-state index in [0.29, 0.717) is 0 Å². The van der Waals surface area contributed by atoms with Gasteiger partial charge in [-0.15, -0.1) is 0 Å². The van der Waals surface area contributed by atoms with Crippen molar-refractivity contribution in [1.29, 1.82) is 0 Å². The van der Waals surface area contributed by atoms with Crippen molar-refractivity contribution in [2.45, 2.75) is 58.4 Å². The molecule has 1 aliphatic rings. The lowest BCUT2D eigenvalue weighted by Crippen LogP contribution is -2.63. The van der Waals surface area contributed by atoms with Crippen LogP contribution in [-0.4, -0.2) is 67.2 Å². The molecule has 0 spiro atoms. The van der Waals surface area contributed by atoms with E-state index < -0.39 is 67.2 Å². The maximum atomic E-state index is 12.2. The molecule has 2 rings (SSSR count). The third kappa shape index (κ3) is 8.32. The molecule has 34 heavy (non-hydrogen) atoms. The Bertz CT molecular complexity index is 924. The van der Waals surface area contributed by atoms with Gasteiger partial charge in [0.05, 0.1) is 0 Å². The molecule has 0 N–H and O–H groups in total. The van der Waals surface area contributed by atoms with E-state index in [1.54, 1.807) is 24.3 Å². The lowest BCUT2D eigenvalue weighted by atomic mass is 9.98. The first-order chi connectivity index (χ1) is 16.1. The zero-order valence-electron chi connectivity index (χ0n) is 19.1. The van der Waals surface area contributed by atoms with Crippen molar-refractivity contribution < 1.29 is 52.4 Å². The Morgan fingerprint density at radius 2 is 1.29 bits per heavy atom. The third-order valence-corrected chi connectivity index (χ3v) is 4.38. The Balaban J connectivity index is 2.27. The first-order valence-corrected chi connectivity index (χ1v) is 10.3. The lowest BCUT2D eigenvalue weighted by molar-refractivity contribution is -0.300. The van der Waals surface area contributed by atoms with E-state index in [0.717, 1.165) is 33.3 Å². The Morgan fingerprint density at radius 3 is 1.85 bits per heavy atom. The summed E-state index contributed by atoms with van der Waals surface area (Å²) in [7, 11) is 0. The average molecular weight is 478 g/mol. The number of rotatable bonds is 8. The van der Waals surface area contributed by atoms with Gasteiger partial charge in [0.15, 0.2) is 12.2 Å². The number of benzene rings is 1. The monoisotopic (exact) mass is 478 g/mol. The highest BCUT2D eigenvalue weighted by atomic mass is 16.7. The van der Waals surface area contributed by atoms with Crippen molar-refractivity contribution in [3.63, 3.8) is 0 Å². The zero-order chi connectivity index (χ0) is 25.3. The number of carbonyl (C=O) groups is 5. The molecule has 1 aromatic carbocycles. The third-order valence-electron chi connectivity index (χ3n) is 4.38. The van der Waals surface area contributed by atoms with Crippen LogP contribution in [-0.2, 0) is 52.4 Å². The summed E-state index contributed by atoms with van der Waals surface area (Å²) in [5, 5.41) is 0. The van der Waals surface area contributed by atoms with Gasteiger partial charge in [-0.05, 0) is 11.6 Å². The predicted octanol–water partition coefficient (Wildman–Crippen LogP) is 1.33. The summed E-state index contributed by atoms with van der Waals surface area (Å²) in [5.41, 5.74) is 0.764. The normalized spacial score (nSPS) is 24.1. The Kier molecular flexibility index (Phi) is 9.75. The summed E-state index contributed by atoms with van der Waals surface area (Å²) in [6.45, 7) is 3.92. The molecule has 0 aliphatic carbocycles. The molecule has 11 heteroatoms. The zero-order valence-corrected chi connectivity index (χ0v) is 19.1. The minimum atomic E-state index is -1.53. The second kappa shape index (κ2) is 12.5. The molecule has 0 unspecified atom stereocenters. The van der Waals surface area contributed by atoms with Gasteiger partial charge in [0.25, 0.3) is 0 Å². The molecule has 0 amide bonds. The Morgan fingerprint density at radius 1 is 0.765 bits per heavy atom. The molecule has 0 radical (unpaired) electrons. The van der Waals surface area contributed by atoms with Crippen molar-refractivity contribution >= 4 is 35.9 Å². The highest BCUT2D eigenvalue weighted by molar-refractivity contribution is 5.87. The van der Waals surface area contributed by atoms with Gasteiger partial charge in [-0.2, -0.15) is 0 Å². The van der Waals surface area contributed by atoms with Gasteiger partial charge < -0.3 is 28.4 Å². The van der Waals surface area contributed by atoms with Crippen molar-refractivity contribution in [3.8, 4) is 0 Å². The molecule has 1 aromatic rings. The topological polar surface area (TPSA) is 141 Å². The number of hydrogen-bond donors (Lipinski definition) is 0. The molecule has 5 atom stereocenters. The first kappa shape index (κ1) is 26.5. The van der Waals surface area contributed by atoms with E-state index in [4.69, 9.17) is 28.4 Å². The molecular weight excluding hydrogens is 452 g/mol. The van der Waals surface area contributed by atoms with Crippen LogP contribution >= 0.6 is 0 Å². The molecule has 0 saturated carbocycles. The van der Waals surface area contributed by atoms with Crippen LogP contribution in [0.25, 0.3) is 6.08 Å². The van der Waals surface area contributed by atoms with Gasteiger partial charge in [-0.1, -0.05) is 30.3 Å². The van der Waals surface area contributed by atoms with Gasteiger partial charge in [-0.25, -0.2) is 4.79 Å². The minimum Gasteiger partial charge on any atom is -0.460 e. The van der Waals surface area contributed by atoms with Gasteiger partial charge in [0, 0.05) is 33.8 Å². The molecular formula is C23H26O11. The van der Waals surface area contributed by atoms with Crippen LogP contribution in [0.5, 0.6) is 0 Å². The van der Waals surface area contributed by atoms with Crippen LogP contribution in [0.2, 0.25) is 0 Å². The van der Waals surface area contributed by atoms with E-state index >= 15 is 0 Å². The molecule has 1 fully saturated rings. The first-order valence-electron chi connectivity index (χ1n) is 10.3. The highest BCUT2D eigenvalue weighted by Gasteiger charge is 2.53. The maximum Gasteiger partial charge on any atom is 0.330 e. The van der Waals surface area contributed by atoms with E-state index in [-0.39, 0.29) is 0 Å². The molecule has 0 bridgehead atoms. The standard InChI is InChI=1S/C23H26O11/c1-13(24)30-20-18(12-29-19(28)11-10-17-8-6-5-7-9-17)34-23(33-16(4)27)22(32-15(3)26)21(20)31-14(2)25/h5-11,18,20-23H,12H2,1-4H3/t18-,20-,21+,22-,23-/m1/s1. The van der Waals surface area contributed by atoms with Crippen molar-refractivity contribution in [2.24, 2.45) is 0 Å². The number of ether oxygens (including phenoxy) is 6. The number of esters is 5. The Labute approximate surface area is 195 Å². The molecule has 1 heterocycles. The smallest absolute Gasteiger partial charge is 0.330 e. The largest absolute Gasteiger partial charge is 0.460 e. The highest BCUT2D eigenvalue weighted by Crippen LogP contribution is 2.30. The molecule has 184 valence electrons. The van der Waals surface area contributed by atoms with Crippen molar-refractivity contribution in [1.82, 2.24) is 0 Å². The quantitative estimate of drug-likeness (QED) is 0.303. The van der Waals surface area contributed by atoms with Gasteiger partial charge in [0.1, 0.15) is 12.7 Å². The number of carbonyl (C=O) groups excluding carboxylic acids is 5. The molecule has 1 aliphatic heterocycles. The van der Waals surface area contributed by atoms with Gasteiger partial charge in [-0.3, -0.25) is 19.2 Å². The molecule has 1 saturated heterocycles. The van der Waals surface area contributed by atoms with Crippen LogP contribution in [0.15, 0.2) is 36.4 Å². The fourth-order valence-corrected chi connectivity index (χ4v) is 3.19. The lowest BCUT2D eigenvalue weighted by Gasteiger charge is -2.43. The van der Waals surface area contributed by atoms with Crippen LogP contribution in [0, 0.1) is 0 Å². The van der Waals surface area contributed by atoms with E-state index in [9.17, 15) is 24.0 Å². The van der Waals surface area contributed by atoms with Crippen LogP contribution in [0.4, 0.5) is 0 Å². The van der Waals surface area contributed by atoms with Gasteiger partial charge >= 0.3 is 29.8 Å².